The molecule has 0 radical (unpaired) electrons. The lowest BCUT2D eigenvalue weighted by atomic mass is 9.74. The minimum atomic E-state index is 0.0472. The molecule has 0 aliphatic carbocycles. The number of fused-ring (bicyclic) bond motifs is 1. The fourth-order valence-electron chi connectivity index (χ4n) is 5.52. The number of aliphatic hydroxyl groups is 1. The van der Waals surface area contributed by atoms with Gasteiger partial charge < -0.3 is 10.0 Å². The van der Waals surface area contributed by atoms with Crippen LogP contribution in [0.25, 0.3) is 11.1 Å². The first-order valence-corrected chi connectivity index (χ1v) is 11.9. The molecule has 5 heteroatoms. The predicted molar refractivity (Wildman–Crippen MR) is 130 cm³/mol. The Bertz CT molecular complexity index is 1100. The minimum absolute atomic E-state index is 0.0472. The largest absolute Gasteiger partial charge is 0.395 e. The van der Waals surface area contributed by atoms with E-state index in [2.05, 4.69) is 65.3 Å². The van der Waals surface area contributed by atoms with Crippen LogP contribution in [0.5, 0.6) is 0 Å². The summed E-state index contributed by atoms with van der Waals surface area (Å²) >= 11 is 0. The van der Waals surface area contributed by atoms with E-state index in [0.29, 0.717) is 12.1 Å². The molecule has 2 saturated heterocycles. The predicted octanol–water partition coefficient (Wildman–Crippen LogP) is 4.12. The van der Waals surface area contributed by atoms with Crippen LogP contribution < -0.4 is 0 Å². The standard InChI is InChI=1S/C28H31N3O2/c1-20-6-4-7-23(16-20)21-9-11-22(12-10-21)27-25-18-30(28(33)24-8-5-13-29-17-24)14-2-3-15-31(25)26(27)19-32/h4-13,16-17,25-27,32H,2-3,14-15,18-19H2,1H3/t25-,26+,27?/m0/s1. The summed E-state index contributed by atoms with van der Waals surface area (Å²) in [6.45, 7) is 4.66. The number of amides is 1. The Kier molecular flexibility index (Phi) is 6.25. The Morgan fingerprint density at radius 2 is 1.85 bits per heavy atom. The summed E-state index contributed by atoms with van der Waals surface area (Å²) in [7, 11) is 0. The van der Waals surface area contributed by atoms with Crippen molar-refractivity contribution in [2.24, 2.45) is 0 Å². The molecule has 33 heavy (non-hydrogen) atoms. The van der Waals surface area contributed by atoms with Crippen molar-refractivity contribution in [3.8, 4) is 11.1 Å². The lowest BCUT2D eigenvalue weighted by molar-refractivity contribution is -0.0606. The van der Waals surface area contributed by atoms with E-state index in [1.807, 2.05) is 17.0 Å². The van der Waals surface area contributed by atoms with Gasteiger partial charge in [0.15, 0.2) is 0 Å². The Morgan fingerprint density at radius 1 is 1.03 bits per heavy atom. The third-order valence-corrected chi connectivity index (χ3v) is 7.21. The van der Waals surface area contributed by atoms with Crippen LogP contribution in [0.1, 0.15) is 40.2 Å². The lowest BCUT2D eigenvalue weighted by Crippen LogP contribution is -2.67. The molecule has 2 aliphatic heterocycles. The van der Waals surface area contributed by atoms with Gasteiger partial charge in [-0.25, -0.2) is 0 Å². The van der Waals surface area contributed by atoms with Crippen molar-refractivity contribution in [2.75, 3.05) is 26.2 Å². The van der Waals surface area contributed by atoms with E-state index < -0.39 is 0 Å². The lowest BCUT2D eigenvalue weighted by Gasteiger charge is -2.57. The van der Waals surface area contributed by atoms with Crippen molar-refractivity contribution in [1.29, 1.82) is 0 Å². The number of benzene rings is 2. The number of pyridine rings is 1. The van der Waals surface area contributed by atoms with Gasteiger partial charge in [-0.15, -0.1) is 0 Å². The number of carbonyl (C=O) groups is 1. The van der Waals surface area contributed by atoms with Crippen LogP contribution in [0, 0.1) is 6.92 Å². The van der Waals surface area contributed by atoms with Gasteiger partial charge in [0.2, 0.25) is 0 Å². The van der Waals surface area contributed by atoms with E-state index in [0.717, 1.165) is 25.9 Å². The van der Waals surface area contributed by atoms with Gasteiger partial charge in [0.25, 0.3) is 5.91 Å². The summed E-state index contributed by atoms with van der Waals surface area (Å²) < 4.78 is 0. The van der Waals surface area contributed by atoms with Crippen LogP contribution in [-0.4, -0.2) is 64.1 Å². The Labute approximate surface area is 195 Å². The second kappa shape index (κ2) is 9.46. The molecule has 2 aliphatic rings. The van der Waals surface area contributed by atoms with Gasteiger partial charge in [-0.2, -0.15) is 0 Å². The zero-order valence-electron chi connectivity index (χ0n) is 19.1. The zero-order valence-corrected chi connectivity index (χ0v) is 19.1. The Balaban J connectivity index is 1.39. The van der Waals surface area contributed by atoms with E-state index in [-0.39, 0.29) is 30.5 Å². The van der Waals surface area contributed by atoms with Gasteiger partial charge >= 0.3 is 0 Å². The summed E-state index contributed by atoms with van der Waals surface area (Å²) in [5, 5.41) is 10.2. The highest BCUT2D eigenvalue weighted by molar-refractivity contribution is 5.93. The third kappa shape index (κ3) is 4.31. The molecule has 5 rings (SSSR count). The maximum atomic E-state index is 13.2. The topological polar surface area (TPSA) is 56.7 Å². The first kappa shape index (κ1) is 21.8. The number of aromatic nitrogens is 1. The molecule has 1 unspecified atom stereocenters. The number of aliphatic hydroxyl groups excluding tert-OH is 1. The van der Waals surface area contributed by atoms with E-state index in [1.165, 1.54) is 22.3 Å². The van der Waals surface area contributed by atoms with Gasteiger partial charge in [0, 0.05) is 43.5 Å². The van der Waals surface area contributed by atoms with Crippen molar-refractivity contribution in [3.63, 3.8) is 0 Å². The number of hydrogen-bond donors (Lipinski definition) is 1. The molecular weight excluding hydrogens is 410 g/mol. The average molecular weight is 442 g/mol. The van der Waals surface area contributed by atoms with E-state index in [4.69, 9.17) is 0 Å². The molecule has 0 spiro atoms. The molecule has 3 aromatic rings. The van der Waals surface area contributed by atoms with Crippen molar-refractivity contribution in [2.45, 2.75) is 37.8 Å². The first-order chi connectivity index (χ1) is 16.2. The summed E-state index contributed by atoms with van der Waals surface area (Å²) in [6.07, 6.45) is 5.35. The number of rotatable bonds is 4. The Hall–Kier alpha value is -3.02. The van der Waals surface area contributed by atoms with Crippen LogP contribution in [0.4, 0.5) is 0 Å². The highest BCUT2D eigenvalue weighted by Crippen LogP contribution is 2.42. The normalized spacial score (nSPS) is 23.2. The van der Waals surface area contributed by atoms with Gasteiger partial charge in [0.05, 0.1) is 12.2 Å². The fourth-order valence-corrected chi connectivity index (χ4v) is 5.52. The molecule has 170 valence electrons. The highest BCUT2D eigenvalue weighted by atomic mass is 16.3. The van der Waals surface area contributed by atoms with E-state index in [9.17, 15) is 9.90 Å². The van der Waals surface area contributed by atoms with Crippen molar-refractivity contribution in [1.82, 2.24) is 14.8 Å². The molecule has 2 aromatic carbocycles. The van der Waals surface area contributed by atoms with Gasteiger partial charge in [-0.3, -0.25) is 14.7 Å². The maximum Gasteiger partial charge on any atom is 0.255 e. The Morgan fingerprint density at radius 3 is 2.58 bits per heavy atom. The van der Waals surface area contributed by atoms with E-state index in [1.54, 1.807) is 12.4 Å². The van der Waals surface area contributed by atoms with Crippen molar-refractivity contribution in [3.05, 3.63) is 89.7 Å². The number of aryl methyl sites for hydroxylation is 1. The third-order valence-electron chi connectivity index (χ3n) is 7.21. The molecule has 1 amide bonds. The first-order valence-electron chi connectivity index (χ1n) is 11.9. The molecule has 0 saturated carbocycles. The van der Waals surface area contributed by atoms with Gasteiger partial charge in [-0.05, 0) is 55.1 Å². The smallest absolute Gasteiger partial charge is 0.255 e. The molecule has 3 heterocycles. The molecule has 5 nitrogen and oxygen atoms in total. The van der Waals surface area contributed by atoms with Crippen LogP contribution in [0.2, 0.25) is 0 Å². The SMILES string of the molecule is Cc1cccc(-c2ccc(C3[C@@H](CO)N4CCCCN(C(=O)c5cccnc5)C[C@@H]34)cc2)c1. The second-order valence-corrected chi connectivity index (χ2v) is 9.27. The highest BCUT2D eigenvalue weighted by Gasteiger charge is 2.49. The molecule has 3 atom stereocenters. The summed E-state index contributed by atoms with van der Waals surface area (Å²) in [5.41, 5.74) is 5.54. The molecule has 0 bridgehead atoms. The number of nitrogens with zero attached hydrogens (tertiary/aromatic N) is 3. The average Bonchev–Trinajstić information content (AvgIpc) is 2.83. The van der Waals surface area contributed by atoms with Crippen LogP contribution >= 0.6 is 0 Å². The molecule has 1 N–H and O–H groups in total. The van der Waals surface area contributed by atoms with Crippen LogP contribution in [-0.2, 0) is 0 Å². The van der Waals surface area contributed by atoms with Crippen molar-refractivity contribution < 1.29 is 9.90 Å². The number of hydrogen-bond acceptors (Lipinski definition) is 4. The summed E-state index contributed by atoms with van der Waals surface area (Å²) in [5.74, 6) is 0.259. The van der Waals surface area contributed by atoms with Gasteiger partial charge in [-0.1, -0.05) is 54.1 Å². The maximum absolute atomic E-state index is 13.2. The monoisotopic (exact) mass is 441 g/mol. The van der Waals surface area contributed by atoms with Crippen LogP contribution in [0.3, 0.4) is 0 Å². The quantitative estimate of drug-likeness (QED) is 0.662. The van der Waals surface area contributed by atoms with Gasteiger partial charge in [0.1, 0.15) is 0 Å². The fraction of sp³-hybridized carbons (Fsp3) is 0.357. The van der Waals surface area contributed by atoms with Crippen molar-refractivity contribution >= 4 is 5.91 Å². The summed E-state index contributed by atoms with van der Waals surface area (Å²) in [4.78, 5) is 21.7. The van der Waals surface area contributed by atoms with E-state index >= 15 is 0 Å². The molecule has 1 aromatic heterocycles. The summed E-state index contributed by atoms with van der Waals surface area (Å²) in [6, 6.07) is 21.3. The van der Waals surface area contributed by atoms with Crippen LogP contribution in [0.15, 0.2) is 73.1 Å². The minimum Gasteiger partial charge on any atom is -0.395 e. The second-order valence-electron chi connectivity index (χ2n) is 9.27. The number of carbonyl (C=O) groups excluding carboxylic acids is 1. The molecule has 2 fully saturated rings. The molecular formula is C28H31N3O2. The zero-order chi connectivity index (χ0) is 22.8.